The van der Waals surface area contributed by atoms with Crippen LogP contribution in [0, 0.1) is 6.92 Å². The summed E-state index contributed by atoms with van der Waals surface area (Å²) in [5.41, 5.74) is 2.51. The van der Waals surface area contributed by atoms with Gasteiger partial charge in [0, 0.05) is 23.0 Å². The number of carbonyl (C=O) groups is 2. The van der Waals surface area contributed by atoms with Crippen LogP contribution in [0.3, 0.4) is 0 Å². The quantitative estimate of drug-likeness (QED) is 0.513. The molecule has 0 saturated carbocycles. The molecule has 0 bridgehead atoms. The predicted molar refractivity (Wildman–Crippen MR) is 105 cm³/mol. The van der Waals surface area contributed by atoms with Gasteiger partial charge in [0.1, 0.15) is 5.65 Å². The summed E-state index contributed by atoms with van der Waals surface area (Å²) < 4.78 is 6.69. The Balaban J connectivity index is 1.59. The number of fused-ring (bicyclic) bond motifs is 1. The molecule has 2 aromatic heterocycles. The van der Waals surface area contributed by atoms with Crippen LogP contribution in [0.5, 0.6) is 0 Å². The van der Waals surface area contributed by atoms with Crippen molar-refractivity contribution in [3.05, 3.63) is 70.1 Å². The van der Waals surface area contributed by atoms with E-state index < -0.39 is 18.5 Å². The van der Waals surface area contributed by atoms with Crippen LogP contribution in [0.4, 0.5) is 5.69 Å². The third-order valence-electron chi connectivity index (χ3n) is 3.79. The number of aromatic nitrogens is 2. The van der Waals surface area contributed by atoms with Gasteiger partial charge in [0.05, 0.1) is 5.69 Å². The van der Waals surface area contributed by atoms with Gasteiger partial charge in [-0.05, 0) is 42.8 Å². The van der Waals surface area contributed by atoms with Gasteiger partial charge in [0.2, 0.25) is 0 Å². The Kier molecular flexibility index (Phi) is 5.78. The van der Waals surface area contributed by atoms with E-state index in [2.05, 4.69) is 10.3 Å². The van der Waals surface area contributed by atoms with Gasteiger partial charge < -0.3 is 10.1 Å². The molecular weight excluding hydrogens is 389 g/mol. The molecule has 27 heavy (non-hydrogen) atoms. The minimum absolute atomic E-state index is 0.263. The summed E-state index contributed by atoms with van der Waals surface area (Å²) in [6.07, 6.45) is 4.46. The first-order valence-corrected chi connectivity index (χ1v) is 8.73. The molecule has 2 heterocycles. The maximum absolute atomic E-state index is 12.0. The SMILES string of the molecule is Cc1c(Cl)cccc1NC(=O)COC(=O)/C=C/c1c(Cl)nc2ccccn12. The van der Waals surface area contributed by atoms with Gasteiger partial charge in [0.15, 0.2) is 11.8 Å². The number of pyridine rings is 1. The summed E-state index contributed by atoms with van der Waals surface area (Å²) in [4.78, 5) is 28.0. The molecule has 0 unspecified atom stereocenters. The molecule has 1 N–H and O–H groups in total. The van der Waals surface area contributed by atoms with Crippen LogP contribution in [0.15, 0.2) is 48.7 Å². The summed E-state index contributed by atoms with van der Waals surface area (Å²) in [6, 6.07) is 10.6. The molecule has 1 aromatic carbocycles. The number of carbonyl (C=O) groups excluding carboxylic acids is 2. The molecule has 0 radical (unpaired) electrons. The minimum atomic E-state index is -0.671. The number of nitrogens with zero attached hydrogens (tertiary/aromatic N) is 2. The topological polar surface area (TPSA) is 72.7 Å². The lowest BCUT2D eigenvalue weighted by atomic mass is 10.2. The zero-order chi connectivity index (χ0) is 19.4. The predicted octanol–water partition coefficient (Wildman–Crippen LogP) is 4.14. The van der Waals surface area contributed by atoms with Gasteiger partial charge >= 0.3 is 5.97 Å². The number of esters is 1. The summed E-state index contributed by atoms with van der Waals surface area (Å²) in [6.45, 7) is 1.36. The van der Waals surface area contributed by atoms with Crippen molar-refractivity contribution in [2.24, 2.45) is 0 Å². The van der Waals surface area contributed by atoms with Gasteiger partial charge in [-0.2, -0.15) is 0 Å². The van der Waals surface area contributed by atoms with Gasteiger partial charge in [0.25, 0.3) is 5.91 Å². The van der Waals surface area contributed by atoms with Crippen molar-refractivity contribution in [2.45, 2.75) is 6.92 Å². The average Bonchev–Trinajstić information content (AvgIpc) is 2.97. The second-order valence-electron chi connectivity index (χ2n) is 5.62. The molecule has 0 aliphatic heterocycles. The first kappa shape index (κ1) is 18.9. The Morgan fingerprint density at radius 2 is 2.04 bits per heavy atom. The lowest BCUT2D eigenvalue weighted by molar-refractivity contribution is -0.142. The molecule has 6 nitrogen and oxygen atoms in total. The molecule has 3 rings (SSSR count). The molecule has 3 aromatic rings. The van der Waals surface area contributed by atoms with Crippen LogP contribution >= 0.6 is 23.2 Å². The summed E-state index contributed by atoms with van der Waals surface area (Å²) in [5.74, 6) is -1.13. The van der Waals surface area contributed by atoms with Crippen LogP contribution in [-0.2, 0) is 14.3 Å². The minimum Gasteiger partial charge on any atom is -0.452 e. The second-order valence-corrected chi connectivity index (χ2v) is 6.38. The second kappa shape index (κ2) is 8.24. The van der Waals surface area contributed by atoms with Crippen LogP contribution < -0.4 is 5.32 Å². The fourth-order valence-corrected chi connectivity index (χ4v) is 2.81. The van der Waals surface area contributed by atoms with Gasteiger partial charge in [-0.1, -0.05) is 35.3 Å². The summed E-state index contributed by atoms with van der Waals surface area (Å²) >= 11 is 12.1. The molecule has 1 amide bonds. The average molecular weight is 404 g/mol. The Morgan fingerprint density at radius 1 is 1.22 bits per heavy atom. The standard InChI is InChI=1S/C19H15Cl2N3O3/c1-12-13(20)5-4-6-14(12)22-17(25)11-27-18(26)9-8-15-19(21)23-16-7-2-3-10-24(15)16/h2-10H,11H2,1H3,(H,22,25)/b9-8+. The van der Waals surface area contributed by atoms with E-state index in [1.54, 1.807) is 41.8 Å². The number of ether oxygens (including phenoxy) is 1. The Hall–Kier alpha value is -2.83. The molecule has 0 aliphatic carbocycles. The van der Waals surface area contributed by atoms with Gasteiger partial charge in [-0.15, -0.1) is 0 Å². The normalized spacial score (nSPS) is 11.1. The van der Waals surface area contributed by atoms with E-state index in [1.807, 2.05) is 12.1 Å². The number of hydrogen-bond donors (Lipinski definition) is 1. The van der Waals surface area contributed by atoms with E-state index in [1.165, 1.54) is 12.2 Å². The van der Waals surface area contributed by atoms with Gasteiger partial charge in [-0.25, -0.2) is 9.78 Å². The van der Waals surface area contributed by atoms with E-state index in [0.717, 1.165) is 5.56 Å². The number of halogens is 2. The highest BCUT2D eigenvalue weighted by atomic mass is 35.5. The molecule has 138 valence electrons. The highest BCUT2D eigenvalue weighted by molar-refractivity contribution is 6.32. The van der Waals surface area contributed by atoms with Crippen molar-refractivity contribution < 1.29 is 14.3 Å². The van der Waals surface area contributed by atoms with E-state index in [9.17, 15) is 9.59 Å². The zero-order valence-electron chi connectivity index (χ0n) is 14.3. The van der Waals surface area contributed by atoms with Crippen molar-refractivity contribution in [2.75, 3.05) is 11.9 Å². The summed E-state index contributed by atoms with van der Waals surface area (Å²) in [5, 5.41) is 3.45. The molecule has 0 atom stereocenters. The number of hydrogen-bond acceptors (Lipinski definition) is 4. The Bertz CT molecular complexity index is 1040. The van der Waals surface area contributed by atoms with E-state index in [4.69, 9.17) is 27.9 Å². The first-order chi connectivity index (χ1) is 13.0. The van der Waals surface area contributed by atoms with Crippen molar-refractivity contribution in [1.29, 1.82) is 0 Å². The van der Waals surface area contributed by atoms with E-state index in [-0.39, 0.29) is 5.15 Å². The number of imidazole rings is 1. The Labute approximate surface area is 165 Å². The first-order valence-electron chi connectivity index (χ1n) is 7.98. The smallest absolute Gasteiger partial charge is 0.331 e. The Morgan fingerprint density at radius 3 is 2.85 bits per heavy atom. The van der Waals surface area contributed by atoms with E-state index >= 15 is 0 Å². The van der Waals surface area contributed by atoms with Gasteiger partial charge in [-0.3, -0.25) is 9.20 Å². The maximum Gasteiger partial charge on any atom is 0.331 e. The largest absolute Gasteiger partial charge is 0.452 e. The van der Waals surface area contributed by atoms with Crippen molar-refractivity contribution in [1.82, 2.24) is 9.38 Å². The van der Waals surface area contributed by atoms with Crippen molar-refractivity contribution in [3.63, 3.8) is 0 Å². The van der Waals surface area contributed by atoms with Crippen LogP contribution in [-0.4, -0.2) is 27.9 Å². The molecular formula is C19H15Cl2N3O3. The van der Waals surface area contributed by atoms with Crippen molar-refractivity contribution in [3.8, 4) is 0 Å². The zero-order valence-corrected chi connectivity index (χ0v) is 15.8. The molecule has 0 fully saturated rings. The third kappa shape index (κ3) is 4.48. The fraction of sp³-hybridized carbons (Fsp3) is 0.105. The highest BCUT2D eigenvalue weighted by Gasteiger charge is 2.10. The van der Waals surface area contributed by atoms with Crippen molar-refractivity contribution >= 4 is 52.5 Å². The lowest BCUT2D eigenvalue weighted by Crippen LogP contribution is -2.20. The monoisotopic (exact) mass is 403 g/mol. The van der Waals surface area contributed by atoms with Crippen LogP contribution in [0.2, 0.25) is 10.2 Å². The third-order valence-corrected chi connectivity index (χ3v) is 4.47. The molecule has 0 aliphatic rings. The van der Waals surface area contributed by atoms with E-state index in [0.29, 0.717) is 22.1 Å². The van der Waals surface area contributed by atoms with Crippen LogP contribution in [0.25, 0.3) is 11.7 Å². The highest BCUT2D eigenvalue weighted by Crippen LogP contribution is 2.23. The maximum atomic E-state index is 12.0. The number of rotatable bonds is 5. The molecule has 0 spiro atoms. The molecule has 0 saturated heterocycles. The summed E-state index contributed by atoms with van der Waals surface area (Å²) in [7, 11) is 0. The van der Waals surface area contributed by atoms with Crippen LogP contribution in [0.1, 0.15) is 11.3 Å². The lowest BCUT2D eigenvalue weighted by Gasteiger charge is -2.09. The fourth-order valence-electron chi connectivity index (χ4n) is 2.40. The molecule has 8 heteroatoms. The number of amides is 1. The number of anilines is 1. The number of nitrogens with one attached hydrogen (secondary N) is 1. The number of benzene rings is 1.